The maximum atomic E-state index is 6.59. The second-order valence-electron chi connectivity index (χ2n) is 7.19. The number of fused-ring (bicyclic) bond motifs is 1. The molecule has 2 aromatic heterocycles. The zero-order valence-electron chi connectivity index (χ0n) is 17.7. The van der Waals surface area contributed by atoms with Crippen LogP contribution < -0.4 is 5.73 Å². The van der Waals surface area contributed by atoms with Crippen molar-refractivity contribution in [2.24, 2.45) is 0 Å². The van der Waals surface area contributed by atoms with E-state index in [0.717, 1.165) is 40.3 Å². The van der Waals surface area contributed by atoms with Gasteiger partial charge in [0.05, 0.1) is 23.5 Å². The first-order valence-corrected chi connectivity index (χ1v) is 12.8. The first-order valence-electron chi connectivity index (χ1n) is 10.2. The van der Waals surface area contributed by atoms with Crippen molar-refractivity contribution >= 4 is 24.7 Å². The van der Waals surface area contributed by atoms with E-state index in [9.17, 15) is 0 Å². The van der Waals surface area contributed by atoms with Crippen LogP contribution in [0.1, 0.15) is 32.0 Å². The monoisotopic (exact) mass is 407 g/mol. The number of nitrogens with zero attached hydrogens (tertiary/aromatic N) is 4. The molecule has 2 N–H and O–H groups in total. The summed E-state index contributed by atoms with van der Waals surface area (Å²) in [5.74, 6) is 3.99. The summed E-state index contributed by atoms with van der Waals surface area (Å²) in [5.41, 5.74) is 13.4. The van der Waals surface area contributed by atoms with Crippen molar-refractivity contribution in [3.8, 4) is 17.4 Å². The average Bonchev–Trinajstić information content (AvgIpc) is 3.29. The molecule has 0 aliphatic rings. The molecule has 7 heteroatoms. The van der Waals surface area contributed by atoms with E-state index in [1.54, 1.807) is 24.2 Å². The second-order valence-corrected chi connectivity index (χ2v) is 12.1. The number of hydrogen-bond donors (Lipinski definition) is 1. The summed E-state index contributed by atoms with van der Waals surface area (Å²) in [6, 6.07) is 7.46. The number of imidazole rings is 1. The number of aromatic nitrogens is 4. The SMILES string of the molecule is CC[Si](C#Cc1ccc2nc(-n3ccnc3)nc(CCOC)c2c1N)(CC)CC. The number of rotatable bonds is 7. The van der Waals surface area contributed by atoms with Crippen LogP contribution in [0, 0.1) is 11.5 Å². The van der Waals surface area contributed by atoms with Crippen molar-refractivity contribution in [1.82, 2.24) is 19.5 Å². The minimum Gasteiger partial charge on any atom is -0.397 e. The lowest BCUT2D eigenvalue weighted by Gasteiger charge is -2.20. The highest BCUT2D eigenvalue weighted by atomic mass is 28.3. The molecule has 0 saturated heterocycles. The number of anilines is 1. The summed E-state index contributed by atoms with van der Waals surface area (Å²) in [4.78, 5) is 13.5. The average molecular weight is 408 g/mol. The second kappa shape index (κ2) is 9.20. The molecule has 6 nitrogen and oxygen atoms in total. The molecule has 1 aromatic carbocycles. The first kappa shape index (κ1) is 21.0. The number of methoxy groups -OCH3 is 1. The van der Waals surface area contributed by atoms with Crippen LogP contribution in [0.4, 0.5) is 5.69 Å². The fourth-order valence-corrected chi connectivity index (χ4v) is 5.94. The van der Waals surface area contributed by atoms with Crippen LogP contribution in [0.15, 0.2) is 30.9 Å². The molecule has 29 heavy (non-hydrogen) atoms. The summed E-state index contributed by atoms with van der Waals surface area (Å²) in [6.45, 7) is 7.33. The third-order valence-electron chi connectivity index (χ3n) is 5.74. The zero-order valence-corrected chi connectivity index (χ0v) is 18.7. The Morgan fingerprint density at radius 3 is 2.52 bits per heavy atom. The summed E-state index contributed by atoms with van der Waals surface area (Å²) >= 11 is 0. The molecule has 0 atom stereocenters. The van der Waals surface area contributed by atoms with Gasteiger partial charge in [-0.15, -0.1) is 5.54 Å². The maximum Gasteiger partial charge on any atom is 0.235 e. The van der Waals surface area contributed by atoms with Crippen molar-refractivity contribution in [2.75, 3.05) is 19.5 Å². The summed E-state index contributed by atoms with van der Waals surface area (Å²) in [7, 11) is 0.137. The summed E-state index contributed by atoms with van der Waals surface area (Å²) in [5, 5.41) is 0.870. The molecule has 3 aromatic rings. The number of ether oxygens (including phenoxy) is 1. The quantitative estimate of drug-likeness (QED) is 0.364. The molecule has 0 fully saturated rings. The Morgan fingerprint density at radius 1 is 1.14 bits per heavy atom. The van der Waals surface area contributed by atoms with Gasteiger partial charge in [0.1, 0.15) is 14.4 Å². The maximum absolute atomic E-state index is 6.59. The number of hydrogen-bond acceptors (Lipinski definition) is 5. The number of benzene rings is 1. The van der Waals surface area contributed by atoms with Gasteiger partial charge in [-0.05, 0) is 30.3 Å². The zero-order chi connectivity index (χ0) is 20.9. The molecule has 0 aliphatic carbocycles. The van der Waals surface area contributed by atoms with E-state index in [1.165, 1.54) is 0 Å². The molecule has 0 saturated carbocycles. The van der Waals surface area contributed by atoms with Crippen molar-refractivity contribution in [3.63, 3.8) is 0 Å². The number of nitrogens with two attached hydrogens (primary N) is 1. The Hall–Kier alpha value is -2.69. The Kier molecular flexibility index (Phi) is 6.67. The molecule has 2 heterocycles. The van der Waals surface area contributed by atoms with Crippen molar-refractivity contribution in [1.29, 1.82) is 0 Å². The molecule has 0 aliphatic heterocycles. The lowest BCUT2D eigenvalue weighted by Crippen LogP contribution is -2.29. The van der Waals surface area contributed by atoms with Crippen LogP contribution in [0.5, 0.6) is 0 Å². The smallest absolute Gasteiger partial charge is 0.235 e. The van der Waals surface area contributed by atoms with Gasteiger partial charge in [-0.25, -0.2) is 15.0 Å². The molecular formula is C22H29N5OSi. The van der Waals surface area contributed by atoms with E-state index in [4.69, 9.17) is 20.4 Å². The molecule has 0 spiro atoms. The van der Waals surface area contributed by atoms with Gasteiger partial charge in [-0.1, -0.05) is 26.7 Å². The summed E-state index contributed by atoms with van der Waals surface area (Å²) in [6.07, 6.45) is 5.88. The van der Waals surface area contributed by atoms with Gasteiger partial charge < -0.3 is 10.5 Å². The third-order valence-corrected chi connectivity index (χ3v) is 10.5. The highest BCUT2D eigenvalue weighted by Gasteiger charge is 2.24. The molecule has 0 unspecified atom stereocenters. The largest absolute Gasteiger partial charge is 0.397 e. The van der Waals surface area contributed by atoms with Gasteiger partial charge in [-0.2, -0.15) is 0 Å². The Balaban J connectivity index is 2.15. The molecule has 0 radical (unpaired) electrons. The predicted molar refractivity (Wildman–Crippen MR) is 121 cm³/mol. The van der Waals surface area contributed by atoms with Crippen LogP contribution in [0.25, 0.3) is 16.9 Å². The lowest BCUT2D eigenvalue weighted by atomic mass is 10.1. The van der Waals surface area contributed by atoms with Gasteiger partial charge in [0.15, 0.2) is 0 Å². The summed E-state index contributed by atoms with van der Waals surface area (Å²) < 4.78 is 7.08. The van der Waals surface area contributed by atoms with Crippen molar-refractivity contribution in [3.05, 3.63) is 42.1 Å². The van der Waals surface area contributed by atoms with Crippen molar-refractivity contribution < 1.29 is 4.74 Å². The highest BCUT2D eigenvalue weighted by Crippen LogP contribution is 2.28. The first-order chi connectivity index (χ1) is 14.1. The normalized spacial score (nSPS) is 11.4. The molecule has 3 rings (SSSR count). The minimum absolute atomic E-state index is 0.558. The van der Waals surface area contributed by atoms with Crippen LogP contribution in [0.2, 0.25) is 18.1 Å². The van der Waals surface area contributed by atoms with Gasteiger partial charge in [0, 0.05) is 36.9 Å². The van der Waals surface area contributed by atoms with Crippen molar-refractivity contribution in [2.45, 2.75) is 45.3 Å². The van der Waals surface area contributed by atoms with Gasteiger partial charge in [0.25, 0.3) is 0 Å². The minimum atomic E-state index is -1.55. The van der Waals surface area contributed by atoms with E-state index in [1.807, 2.05) is 18.3 Å². The van der Waals surface area contributed by atoms with Crippen LogP contribution in [-0.2, 0) is 11.2 Å². The fraction of sp³-hybridized carbons (Fsp3) is 0.409. The van der Waals surface area contributed by atoms with Gasteiger partial charge in [-0.3, -0.25) is 4.57 Å². The fourth-order valence-electron chi connectivity index (χ4n) is 3.51. The highest BCUT2D eigenvalue weighted by molar-refractivity contribution is 6.87. The third kappa shape index (κ3) is 4.34. The van der Waals surface area contributed by atoms with E-state index in [0.29, 0.717) is 24.7 Å². The Morgan fingerprint density at radius 2 is 1.90 bits per heavy atom. The Labute approximate surface area is 173 Å². The molecular weight excluding hydrogens is 378 g/mol. The van der Waals surface area contributed by atoms with Crippen LogP contribution in [0.3, 0.4) is 0 Å². The number of nitrogen functional groups attached to an aromatic ring is 1. The molecule has 0 amide bonds. The molecule has 152 valence electrons. The van der Waals surface area contributed by atoms with E-state index < -0.39 is 8.07 Å². The predicted octanol–water partition coefficient (Wildman–Crippen LogP) is 3.99. The van der Waals surface area contributed by atoms with E-state index in [2.05, 4.69) is 37.2 Å². The standard InChI is InChI=1S/C22H29N5OSi/c1-5-29(6-2,7-3)15-11-17-8-9-18-20(21(17)23)19(10-14-28-4)26-22(25-18)27-13-12-24-16-27/h8-9,12-13,16H,5-7,10,14,23H2,1-4H3. The molecule has 0 bridgehead atoms. The van der Waals surface area contributed by atoms with Gasteiger partial charge in [0.2, 0.25) is 5.95 Å². The van der Waals surface area contributed by atoms with Crippen LogP contribution >= 0.6 is 0 Å². The van der Waals surface area contributed by atoms with Gasteiger partial charge >= 0.3 is 0 Å². The lowest BCUT2D eigenvalue weighted by molar-refractivity contribution is 0.201. The van der Waals surface area contributed by atoms with Crippen LogP contribution in [-0.4, -0.2) is 41.3 Å². The van der Waals surface area contributed by atoms with E-state index >= 15 is 0 Å². The van der Waals surface area contributed by atoms with E-state index in [-0.39, 0.29) is 0 Å². The topological polar surface area (TPSA) is 78.8 Å². The Bertz CT molecular complexity index is 1020.